The lowest BCUT2D eigenvalue weighted by Gasteiger charge is -2.33. The van der Waals surface area contributed by atoms with Crippen LogP contribution in [0, 0.1) is 24.2 Å². The third kappa shape index (κ3) is 3.76. The second-order valence-corrected chi connectivity index (χ2v) is 7.59. The van der Waals surface area contributed by atoms with Gasteiger partial charge in [-0.3, -0.25) is 4.79 Å². The summed E-state index contributed by atoms with van der Waals surface area (Å²) in [7, 11) is 0. The van der Waals surface area contributed by atoms with Crippen molar-refractivity contribution in [3.63, 3.8) is 0 Å². The number of hydrogen-bond acceptors (Lipinski definition) is 3. The van der Waals surface area contributed by atoms with Crippen molar-refractivity contribution in [1.29, 1.82) is 0 Å². The van der Waals surface area contributed by atoms with Gasteiger partial charge in [-0.15, -0.1) is 17.8 Å². The van der Waals surface area contributed by atoms with E-state index >= 15 is 0 Å². The molecule has 1 heterocycles. The lowest BCUT2D eigenvalue weighted by molar-refractivity contribution is -0.123. The van der Waals surface area contributed by atoms with Crippen molar-refractivity contribution in [3.05, 3.63) is 15.8 Å². The van der Waals surface area contributed by atoms with E-state index in [2.05, 4.69) is 12.8 Å². The summed E-state index contributed by atoms with van der Waals surface area (Å²) in [6.07, 6.45) is 9.25. The molecule has 0 saturated heterocycles. The number of carboxylic acid groups (broad SMARTS) is 1. The Morgan fingerprint density at radius 3 is 2.43 bits per heavy atom. The van der Waals surface area contributed by atoms with Gasteiger partial charge in [-0.25, -0.2) is 4.79 Å². The van der Waals surface area contributed by atoms with Crippen molar-refractivity contribution in [2.75, 3.05) is 4.90 Å². The van der Waals surface area contributed by atoms with Crippen LogP contribution in [-0.4, -0.2) is 23.0 Å². The molecule has 0 bridgehead atoms. The average Bonchev–Trinajstić information content (AvgIpc) is 2.92. The van der Waals surface area contributed by atoms with Crippen molar-refractivity contribution in [2.24, 2.45) is 11.8 Å². The maximum atomic E-state index is 13.0. The van der Waals surface area contributed by atoms with Gasteiger partial charge in [-0.1, -0.05) is 12.8 Å². The molecule has 1 aromatic heterocycles. The molecule has 1 aliphatic rings. The van der Waals surface area contributed by atoms with Crippen LogP contribution in [-0.2, 0) is 4.79 Å². The summed E-state index contributed by atoms with van der Waals surface area (Å²) in [5.41, 5.74) is 0.439. The van der Waals surface area contributed by atoms with Crippen molar-refractivity contribution < 1.29 is 14.7 Å². The molecule has 1 aliphatic carbocycles. The van der Waals surface area contributed by atoms with E-state index in [0.29, 0.717) is 16.5 Å². The largest absolute Gasteiger partial charge is 0.477 e. The summed E-state index contributed by atoms with van der Waals surface area (Å²) >= 11 is 1.05. The Morgan fingerprint density at radius 2 is 1.96 bits per heavy atom. The summed E-state index contributed by atoms with van der Waals surface area (Å²) in [6, 6.07) is 1.54. The zero-order chi connectivity index (χ0) is 17.1. The average molecular weight is 333 g/mol. The number of carbonyl (C=O) groups excluding carboxylic acids is 1. The molecule has 0 aromatic carbocycles. The van der Waals surface area contributed by atoms with Crippen LogP contribution >= 0.6 is 11.3 Å². The van der Waals surface area contributed by atoms with Crippen molar-refractivity contribution >= 4 is 28.9 Å². The first-order chi connectivity index (χ1) is 10.8. The Labute approximate surface area is 141 Å². The van der Waals surface area contributed by atoms with Crippen LogP contribution in [0.2, 0.25) is 0 Å². The van der Waals surface area contributed by atoms with Gasteiger partial charge >= 0.3 is 5.97 Å². The highest BCUT2D eigenvalue weighted by Gasteiger charge is 2.33. The van der Waals surface area contributed by atoms with Gasteiger partial charge in [0.25, 0.3) is 0 Å². The summed E-state index contributed by atoms with van der Waals surface area (Å²) < 4.78 is 0. The third-order valence-corrected chi connectivity index (χ3v) is 5.47. The molecule has 1 N–H and O–H groups in total. The molecular formula is C18H23NO3S. The molecule has 1 saturated carbocycles. The Morgan fingerprint density at radius 1 is 1.35 bits per heavy atom. The first kappa shape index (κ1) is 17.6. The Hall–Kier alpha value is -1.80. The van der Waals surface area contributed by atoms with E-state index in [1.807, 2.05) is 13.8 Å². The fourth-order valence-electron chi connectivity index (χ4n) is 3.14. The summed E-state index contributed by atoms with van der Waals surface area (Å²) in [6.45, 7) is 6.02. The fourth-order valence-corrected chi connectivity index (χ4v) is 3.94. The molecule has 2 rings (SSSR count). The van der Waals surface area contributed by atoms with E-state index < -0.39 is 5.97 Å². The fraction of sp³-hybridized carbons (Fsp3) is 0.556. The van der Waals surface area contributed by atoms with E-state index in [1.165, 1.54) is 0 Å². The quantitative estimate of drug-likeness (QED) is 0.848. The molecule has 0 unspecified atom stereocenters. The van der Waals surface area contributed by atoms with Crippen molar-refractivity contribution in [1.82, 2.24) is 0 Å². The van der Waals surface area contributed by atoms with Crippen LogP contribution in [0.3, 0.4) is 0 Å². The molecule has 1 amide bonds. The second kappa shape index (κ2) is 7.18. The zero-order valence-corrected chi connectivity index (χ0v) is 14.7. The van der Waals surface area contributed by atoms with Gasteiger partial charge in [0.2, 0.25) is 5.91 Å². The number of hydrogen-bond donors (Lipinski definition) is 1. The minimum atomic E-state index is -1.04. The number of carbonyl (C=O) groups is 2. The number of aromatic carboxylic acids is 1. The number of terminal acetylenes is 1. The minimum Gasteiger partial charge on any atom is -0.477 e. The first-order valence-electron chi connectivity index (χ1n) is 8.02. The lowest BCUT2D eigenvalue weighted by atomic mass is 9.82. The predicted octanol–water partition coefficient (Wildman–Crippen LogP) is 4.00. The molecule has 5 heteroatoms. The molecular weight excluding hydrogens is 310 g/mol. The molecule has 0 atom stereocenters. The predicted molar refractivity (Wildman–Crippen MR) is 93.0 cm³/mol. The summed E-state index contributed by atoms with van der Waals surface area (Å²) in [4.78, 5) is 26.8. The van der Waals surface area contributed by atoms with Crippen LogP contribution in [0.5, 0.6) is 0 Å². The molecule has 124 valence electrons. The third-order valence-electron chi connectivity index (χ3n) is 4.43. The standard InChI is InChI=1S/C18H23NO3S/c1-5-14-10-15(16(23-14)18(21)22)19(11(2)3)17(20)13-8-6-12(4)7-9-13/h1,10-13H,6-9H2,2-4H3,(H,21,22). The van der Waals surface area contributed by atoms with Crippen LogP contribution in [0.25, 0.3) is 0 Å². The highest BCUT2D eigenvalue weighted by molar-refractivity contribution is 7.15. The van der Waals surface area contributed by atoms with Gasteiger partial charge in [0.1, 0.15) is 4.88 Å². The number of thiophene rings is 1. The number of amides is 1. The van der Waals surface area contributed by atoms with Gasteiger partial charge in [0.15, 0.2) is 0 Å². The highest BCUT2D eigenvalue weighted by atomic mass is 32.1. The van der Waals surface area contributed by atoms with Gasteiger partial charge in [-0.2, -0.15) is 0 Å². The maximum Gasteiger partial charge on any atom is 0.348 e. The summed E-state index contributed by atoms with van der Waals surface area (Å²) in [5.74, 6) is 2.10. The molecule has 0 spiro atoms. The van der Waals surface area contributed by atoms with Gasteiger partial charge in [-0.05, 0) is 51.5 Å². The van der Waals surface area contributed by atoms with Gasteiger partial charge < -0.3 is 10.0 Å². The van der Waals surface area contributed by atoms with Crippen LogP contribution in [0.1, 0.15) is 61.0 Å². The van der Waals surface area contributed by atoms with Crippen molar-refractivity contribution in [2.45, 2.75) is 52.5 Å². The number of rotatable bonds is 4. The van der Waals surface area contributed by atoms with E-state index in [4.69, 9.17) is 6.42 Å². The van der Waals surface area contributed by atoms with E-state index in [1.54, 1.807) is 11.0 Å². The van der Waals surface area contributed by atoms with Crippen LogP contribution in [0.4, 0.5) is 5.69 Å². The maximum absolute atomic E-state index is 13.0. The molecule has 23 heavy (non-hydrogen) atoms. The second-order valence-electron chi connectivity index (χ2n) is 6.53. The summed E-state index contributed by atoms with van der Waals surface area (Å²) in [5, 5.41) is 9.44. The first-order valence-corrected chi connectivity index (χ1v) is 8.83. The van der Waals surface area contributed by atoms with Crippen molar-refractivity contribution in [3.8, 4) is 12.3 Å². The molecule has 4 nitrogen and oxygen atoms in total. The monoisotopic (exact) mass is 333 g/mol. The Kier molecular flexibility index (Phi) is 5.48. The van der Waals surface area contributed by atoms with Crippen LogP contribution in [0.15, 0.2) is 6.07 Å². The smallest absolute Gasteiger partial charge is 0.348 e. The number of nitrogens with zero attached hydrogens (tertiary/aromatic N) is 1. The molecule has 0 radical (unpaired) electrons. The van der Waals surface area contributed by atoms with Gasteiger partial charge in [0.05, 0.1) is 10.6 Å². The normalized spacial score (nSPS) is 21.0. The van der Waals surface area contributed by atoms with E-state index in [0.717, 1.165) is 37.0 Å². The topological polar surface area (TPSA) is 57.6 Å². The van der Waals surface area contributed by atoms with Crippen LogP contribution < -0.4 is 4.90 Å². The molecule has 1 fully saturated rings. The zero-order valence-electron chi connectivity index (χ0n) is 13.8. The SMILES string of the molecule is C#Cc1cc(N(C(=O)C2CCC(C)CC2)C(C)C)c(C(=O)O)s1. The number of carboxylic acids is 1. The van der Waals surface area contributed by atoms with E-state index in [-0.39, 0.29) is 22.7 Å². The Bertz CT molecular complexity index is 633. The minimum absolute atomic E-state index is 0.0237. The van der Waals surface area contributed by atoms with Gasteiger partial charge in [0, 0.05) is 12.0 Å². The Balaban J connectivity index is 2.35. The lowest BCUT2D eigenvalue weighted by Crippen LogP contribution is -2.42. The molecule has 0 aliphatic heterocycles. The highest BCUT2D eigenvalue weighted by Crippen LogP contribution is 2.35. The molecule has 1 aromatic rings. The van der Waals surface area contributed by atoms with E-state index in [9.17, 15) is 14.7 Å². The number of anilines is 1.